The molecule has 0 aromatic rings. The van der Waals surface area contributed by atoms with Crippen LogP contribution in [0.25, 0.3) is 0 Å². The first-order valence-corrected chi connectivity index (χ1v) is 4.24. The van der Waals surface area contributed by atoms with Crippen LogP contribution in [0.2, 0.25) is 0 Å². The molecule has 0 aromatic heterocycles. The number of hydrogen-bond donors (Lipinski definition) is 0. The molecule has 1 atom stereocenters. The van der Waals surface area contributed by atoms with Crippen LogP contribution in [0.3, 0.4) is 0 Å². The van der Waals surface area contributed by atoms with Gasteiger partial charge in [-0.05, 0) is 26.4 Å². The van der Waals surface area contributed by atoms with Gasteiger partial charge < -0.3 is 9.69 Å². The average molecular weight is 157 g/mol. The van der Waals surface area contributed by atoms with Crippen LogP contribution < -0.4 is 0 Å². The van der Waals surface area contributed by atoms with Crippen molar-refractivity contribution < 1.29 is 4.79 Å². The van der Waals surface area contributed by atoms with Crippen molar-refractivity contribution in [2.45, 2.75) is 27.2 Å². The van der Waals surface area contributed by atoms with E-state index in [2.05, 4.69) is 25.8 Å². The first-order chi connectivity index (χ1) is 5.06. The van der Waals surface area contributed by atoms with Gasteiger partial charge in [0.05, 0.1) is 0 Å². The van der Waals surface area contributed by atoms with Crippen molar-refractivity contribution in [2.24, 2.45) is 5.92 Å². The van der Waals surface area contributed by atoms with E-state index in [-0.39, 0.29) is 0 Å². The first-order valence-electron chi connectivity index (χ1n) is 4.24. The Labute approximate surface area is 69.6 Å². The molecule has 0 radical (unpaired) electrons. The zero-order chi connectivity index (χ0) is 8.85. The minimum absolute atomic E-state index is 0.294. The third-order valence-electron chi connectivity index (χ3n) is 1.80. The van der Waals surface area contributed by atoms with Gasteiger partial charge in [0, 0.05) is 13.0 Å². The maximum Gasteiger partial charge on any atom is 0.130 e. The van der Waals surface area contributed by atoms with Gasteiger partial charge in [-0.1, -0.05) is 13.8 Å². The van der Waals surface area contributed by atoms with Crippen LogP contribution in [0, 0.1) is 5.92 Å². The Morgan fingerprint density at radius 2 is 2.09 bits per heavy atom. The smallest absolute Gasteiger partial charge is 0.130 e. The van der Waals surface area contributed by atoms with E-state index in [1.165, 1.54) is 0 Å². The van der Waals surface area contributed by atoms with E-state index >= 15 is 0 Å². The minimum atomic E-state index is 0.294. The third-order valence-corrected chi connectivity index (χ3v) is 1.80. The quantitative estimate of drug-likeness (QED) is 0.603. The fraction of sp³-hybridized carbons (Fsp3) is 0.889. The van der Waals surface area contributed by atoms with Gasteiger partial charge in [0.1, 0.15) is 5.78 Å². The Hall–Kier alpha value is -0.370. The molecule has 0 amide bonds. The Morgan fingerprint density at radius 3 is 2.45 bits per heavy atom. The molecule has 0 fully saturated rings. The molecule has 2 nitrogen and oxygen atoms in total. The summed E-state index contributed by atoms with van der Waals surface area (Å²) in [5.74, 6) is 0.791. The van der Waals surface area contributed by atoms with E-state index in [4.69, 9.17) is 0 Å². The predicted octanol–water partition coefficient (Wildman–Crippen LogP) is 1.55. The van der Waals surface area contributed by atoms with Crippen molar-refractivity contribution in [3.05, 3.63) is 0 Å². The minimum Gasteiger partial charge on any atom is -0.306 e. The van der Waals surface area contributed by atoms with E-state index in [9.17, 15) is 4.79 Å². The van der Waals surface area contributed by atoms with Crippen molar-refractivity contribution in [3.63, 3.8) is 0 Å². The summed E-state index contributed by atoms with van der Waals surface area (Å²) in [7, 11) is 2.08. The number of hydrogen-bond acceptors (Lipinski definition) is 2. The molecule has 0 bridgehead atoms. The summed E-state index contributed by atoms with van der Waals surface area (Å²) in [6.45, 7) is 7.98. The zero-order valence-corrected chi connectivity index (χ0v) is 8.05. The standard InChI is InChI=1S/C9H19NO/c1-5-10(4)7-8(2)6-9(3)11/h8H,5-7H2,1-4H3. The maximum atomic E-state index is 10.7. The molecule has 11 heavy (non-hydrogen) atoms. The molecule has 0 aromatic carbocycles. The molecule has 0 N–H and O–H groups in total. The largest absolute Gasteiger partial charge is 0.306 e. The molecule has 1 unspecified atom stereocenters. The lowest BCUT2D eigenvalue weighted by Crippen LogP contribution is -2.24. The highest BCUT2D eigenvalue weighted by Gasteiger charge is 2.06. The number of nitrogens with zero attached hydrogens (tertiary/aromatic N) is 1. The van der Waals surface area contributed by atoms with E-state index in [0.717, 1.165) is 13.1 Å². The Morgan fingerprint density at radius 1 is 1.55 bits per heavy atom. The van der Waals surface area contributed by atoms with Crippen LogP contribution >= 0.6 is 0 Å². The molecule has 0 aliphatic carbocycles. The predicted molar refractivity (Wildman–Crippen MR) is 47.6 cm³/mol. The third kappa shape index (κ3) is 6.05. The Bertz CT molecular complexity index is 123. The lowest BCUT2D eigenvalue weighted by molar-refractivity contribution is -0.117. The molecule has 0 rings (SSSR count). The topological polar surface area (TPSA) is 20.3 Å². The maximum absolute atomic E-state index is 10.7. The fourth-order valence-corrected chi connectivity index (χ4v) is 1.22. The molecule has 0 aliphatic heterocycles. The van der Waals surface area contributed by atoms with Crippen LogP contribution in [0.4, 0.5) is 0 Å². The van der Waals surface area contributed by atoms with E-state index in [0.29, 0.717) is 18.1 Å². The lowest BCUT2D eigenvalue weighted by atomic mass is 10.1. The van der Waals surface area contributed by atoms with Gasteiger partial charge in [-0.15, -0.1) is 0 Å². The second-order valence-corrected chi connectivity index (χ2v) is 3.37. The summed E-state index contributed by atoms with van der Waals surface area (Å²) < 4.78 is 0. The van der Waals surface area contributed by atoms with Crippen molar-refractivity contribution in [2.75, 3.05) is 20.1 Å². The van der Waals surface area contributed by atoms with E-state index < -0.39 is 0 Å². The second-order valence-electron chi connectivity index (χ2n) is 3.37. The Balaban J connectivity index is 3.51. The zero-order valence-electron chi connectivity index (χ0n) is 8.05. The van der Waals surface area contributed by atoms with Gasteiger partial charge in [0.2, 0.25) is 0 Å². The highest BCUT2D eigenvalue weighted by molar-refractivity contribution is 5.75. The number of carbonyl (C=O) groups excluding carboxylic acids is 1. The Kier molecular flexibility index (Phi) is 5.12. The summed E-state index contributed by atoms with van der Waals surface area (Å²) in [6, 6.07) is 0. The normalized spacial score (nSPS) is 13.5. The van der Waals surface area contributed by atoms with Crippen LogP contribution in [-0.2, 0) is 4.79 Å². The molecule has 0 saturated carbocycles. The summed E-state index contributed by atoms with van der Waals surface area (Å²) in [6.07, 6.45) is 0.713. The monoisotopic (exact) mass is 157 g/mol. The molecule has 2 heteroatoms. The molecule has 0 aliphatic rings. The molecule has 0 heterocycles. The molecule has 66 valence electrons. The molecular formula is C9H19NO. The van der Waals surface area contributed by atoms with Crippen molar-refractivity contribution >= 4 is 5.78 Å². The van der Waals surface area contributed by atoms with Gasteiger partial charge >= 0.3 is 0 Å². The second kappa shape index (κ2) is 5.30. The summed E-state index contributed by atoms with van der Waals surface area (Å²) >= 11 is 0. The van der Waals surface area contributed by atoms with Crippen LogP contribution in [-0.4, -0.2) is 30.8 Å². The molecule has 0 saturated heterocycles. The van der Waals surface area contributed by atoms with Gasteiger partial charge in [-0.25, -0.2) is 0 Å². The van der Waals surface area contributed by atoms with Gasteiger partial charge in [-0.3, -0.25) is 0 Å². The lowest BCUT2D eigenvalue weighted by Gasteiger charge is -2.18. The number of carbonyl (C=O) groups is 1. The summed E-state index contributed by atoms with van der Waals surface area (Å²) in [4.78, 5) is 12.9. The molecular weight excluding hydrogens is 138 g/mol. The highest BCUT2D eigenvalue weighted by atomic mass is 16.1. The van der Waals surface area contributed by atoms with Crippen LogP contribution in [0.1, 0.15) is 27.2 Å². The van der Waals surface area contributed by atoms with E-state index in [1.807, 2.05) is 0 Å². The average Bonchev–Trinajstić information content (AvgIpc) is 1.85. The van der Waals surface area contributed by atoms with E-state index in [1.54, 1.807) is 6.92 Å². The van der Waals surface area contributed by atoms with Gasteiger partial charge in [-0.2, -0.15) is 0 Å². The van der Waals surface area contributed by atoms with Gasteiger partial charge in [0.25, 0.3) is 0 Å². The number of rotatable bonds is 5. The fourth-order valence-electron chi connectivity index (χ4n) is 1.22. The van der Waals surface area contributed by atoms with Crippen LogP contribution in [0.5, 0.6) is 0 Å². The van der Waals surface area contributed by atoms with Crippen molar-refractivity contribution in [1.29, 1.82) is 0 Å². The number of ketones is 1. The summed E-state index contributed by atoms with van der Waals surface area (Å²) in [5, 5.41) is 0. The van der Waals surface area contributed by atoms with Crippen molar-refractivity contribution in [3.8, 4) is 0 Å². The van der Waals surface area contributed by atoms with Gasteiger partial charge in [0.15, 0.2) is 0 Å². The van der Waals surface area contributed by atoms with Crippen molar-refractivity contribution in [1.82, 2.24) is 4.90 Å². The number of Topliss-reactive ketones (excluding diaryl/α,β-unsaturated/α-hetero) is 1. The first kappa shape index (κ1) is 10.6. The highest BCUT2D eigenvalue weighted by Crippen LogP contribution is 2.03. The van der Waals surface area contributed by atoms with Crippen LogP contribution in [0.15, 0.2) is 0 Å². The SMILES string of the molecule is CCN(C)CC(C)CC(C)=O. The molecule has 0 spiro atoms. The summed E-state index contributed by atoms with van der Waals surface area (Å²) in [5.41, 5.74) is 0.